The van der Waals surface area contributed by atoms with Gasteiger partial charge in [-0.3, -0.25) is 18.5 Å². The van der Waals surface area contributed by atoms with Crippen molar-refractivity contribution in [2.75, 3.05) is 37.7 Å². The normalized spacial score (nSPS) is 14.4. The second kappa shape index (κ2) is 8.83. The molecule has 0 saturated carbocycles. The van der Waals surface area contributed by atoms with Crippen molar-refractivity contribution in [1.82, 2.24) is 24.0 Å². The van der Waals surface area contributed by atoms with E-state index in [0.29, 0.717) is 41.5 Å². The molecule has 0 amide bonds. The summed E-state index contributed by atoms with van der Waals surface area (Å²) in [4.78, 5) is 44.5. The van der Waals surface area contributed by atoms with Crippen LogP contribution in [0.3, 0.4) is 0 Å². The summed E-state index contributed by atoms with van der Waals surface area (Å²) >= 11 is 0. The number of piperazine rings is 1. The molecule has 10 heteroatoms. The first-order valence-corrected chi connectivity index (χ1v) is 10.5. The fourth-order valence-electron chi connectivity index (χ4n) is 3.87. The lowest BCUT2D eigenvalue weighted by atomic mass is 10.1. The number of carbonyl (C=O) groups excluding carboxylic acids is 1. The Labute approximate surface area is 184 Å². The Balaban J connectivity index is 2.01. The Hall–Kier alpha value is -3.66. The molecule has 1 aromatic carbocycles. The zero-order valence-corrected chi connectivity index (χ0v) is 18.4. The lowest BCUT2D eigenvalue weighted by molar-refractivity contribution is -0.137. The Morgan fingerprint density at radius 3 is 2.59 bits per heavy atom. The van der Waals surface area contributed by atoms with Crippen LogP contribution in [0.4, 0.5) is 5.95 Å². The molecule has 1 N–H and O–H groups in total. The zero-order chi connectivity index (χ0) is 22.8. The van der Waals surface area contributed by atoms with Crippen LogP contribution < -0.4 is 21.5 Å². The second-order valence-electron chi connectivity index (χ2n) is 7.51. The number of imidazole rings is 1. The van der Waals surface area contributed by atoms with Crippen molar-refractivity contribution in [3.63, 3.8) is 0 Å². The quantitative estimate of drug-likeness (QED) is 0.455. The lowest BCUT2D eigenvalue weighted by Gasteiger charge is -2.29. The van der Waals surface area contributed by atoms with Crippen LogP contribution in [0.1, 0.15) is 12.5 Å². The number of carbonyl (C=O) groups is 1. The summed E-state index contributed by atoms with van der Waals surface area (Å²) in [5, 5.41) is 3.31. The average Bonchev–Trinajstić information content (AvgIpc) is 3.21. The topological polar surface area (TPSA) is 103 Å². The van der Waals surface area contributed by atoms with Crippen LogP contribution in [0.25, 0.3) is 22.9 Å². The predicted octanol–water partition coefficient (Wildman–Crippen LogP) is 0.409. The van der Waals surface area contributed by atoms with Crippen LogP contribution in [0.2, 0.25) is 0 Å². The molecule has 2 aromatic heterocycles. The van der Waals surface area contributed by atoms with E-state index in [-0.39, 0.29) is 6.61 Å². The van der Waals surface area contributed by atoms with Crippen molar-refractivity contribution >= 4 is 29.2 Å². The van der Waals surface area contributed by atoms with Crippen molar-refractivity contribution < 1.29 is 9.53 Å². The van der Waals surface area contributed by atoms with Gasteiger partial charge in [-0.2, -0.15) is 4.98 Å². The summed E-state index contributed by atoms with van der Waals surface area (Å²) in [5.74, 6) is 0.134. The second-order valence-corrected chi connectivity index (χ2v) is 7.51. The van der Waals surface area contributed by atoms with Gasteiger partial charge in [0, 0.05) is 46.4 Å². The Morgan fingerprint density at radius 1 is 1.16 bits per heavy atom. The summed E-state index contributed by atoms with van der Waals surface area (Å²) in [6.07, 6.45) is 3.02. The molecule has 3 aromatic rings. The summed E-state index contributed by atoms with van der Waals surface area (Å²) in [5.41, 5.74) is 1.15. The summed E-state index contributed by atoms with van der Waals surface area (Å²) in [6, 6.07) is 7.43. The molecule has 1 saturated heterocycles. The number of nitrogens with zero attached hydrogens (tertiary/aromatic N) is 5. The Kier molecular flexibility index (Phi) is 5.95. The number of nitrogens with one attached hydrogen (secondary N) is 1. The van der Waals surface area contributed by atoms with Crippen LogP contribution >= 0.6 is 0 Å². The van der Waals surface area contributed by atoms with Gasteiger partial charge in [-0.15, -0.1) is 0 Å². The molecule has 0 radical (unpaired) electrons. The standard InChI is InChI=1S/C22H26N6O4/c1-4-32-17(29)10-9-15-7-5-6-8-16(15)28-18-19(25(2)22(31)26(3)20(18)30)24-21(28)27-13-11-23-12-14-27/h5-10,23H,4,11-14H2,1-3H3. The van der Waals surface area contributed by atoms with Gasteiger partial charge in [0.05, 0.1) is 12.3 Å². The third kappa shape index (κ3) is 3.73. The summed E-state index contributed by atoms with van der Waals surface area (Å²) < 4.78 is 9.25. The Bertz CT molecular complexity index is 1310. The van der Waals surface area contributed by atoms with E-state index in [0.717, 1.165) is 17.7 Å². The highest BCUT2D eigenvalue weighted by Gasteiger charge is 2.25. The third-order valence-electron chi connectivity index (χ3n) is 5.50. The lowest BCUT2D eigenvalue weighted by Crippen LogP contribution is -2.44. The molecule has 3 heterocycles. The number of benzene rings is 1. The molecule has 1 aliphatic heterocycles. The van der Waals surface area contributed by atoms with E-state index >= 15 is 0 Å². The fourth-order valence-corrected chi connectivity index (χ4v) is 3.87. The molecule has 0 unspecified atom stereocenters. The number of aromatic nitrogens is 4. The highest BCUT2D eigenvalue weighted by molar-refractivity contribution is 5.88. The highest BCUT2D eigenvalue weighted by Crippen LogP contribution is 2.28. The molecule has 0 atom stereocenters. The monoisotopic (exact) mass is 438 g/mol. The maximum atomic E-state index is 13.2. The SMILES string of the molecule is CCOC(=O)C=Cc1ccccc1-n1c(N2CCNCC2)nc2c1c(=O)n(C)c(=O)n2C. The van der Waals surface area contributed by atoms with Crippen LogP contribution in [-0.4, -0.2) is 57.4 Å². The number of esters is 1. The molecule has 4 rings (SSSR count). The first kappa shape index (κ1) is 21.6. The van der Waals surface area contributed by atoms with Crippen LogP contribution in [-0.2, 0) is 23.6 Å². The van der Waals surface area contributed by atoms with Gasteiger partial charge in [0.1, 0.15) is 0 Å². The number of para-hydroxylation sites is 1. The van der Waals surface area contributed by atoms with E-state index in [1.54, 1.807) is 24.6 Å². The van der Waals surface area contributed by atoms with Gasteiger partial charge >= 0.3 is 11.7 Å². The number of rotatable bonds is 5. The van der Waals surface area contributed by atoms with Gasteiger partial charge in [-0.25, -0.2) is 9.59 Å². The number of fused-ring (bicyclic) bond motifs is 1. The number of ether oxygens (including phenoxy) is 1. The minimum atomic E-state index is -0.446. The third-order valence-corrected chi connectivity index (χ3v) is 5.50. The molecule has 1 fully saturated rings. The number of aryl methyl sites for hydroxylation is 1. The molecule has 1 aliphatic rings. The molecule has 0 aliphatic carbocycles. The van der Waals surface area contributed by atoms with E-state index in [1.807, 2.05) is 24.3 Å². The van der Waals surface area contributed by atoms with E-state index in [1.165, 1.54) is 17.7 Å². The summed E-state index contributed by atoms with van der Waals surface area (Å²) in [6.45, 7) is 5.01. The van der Waals surface area contributed by atoms with Crippen molar-refractivity contribution in [3.05, 3.63) is 56.7 Å². The van der Waals surface area contributed by atoms with Gasteiger partial charge < -0.3 is 15.0 Å². The van der Waals surface area contributed by atoms with E-state index < -0.39 is 17.2 Å². The van der Waals surface area contributed by atoms with Gasteiger partial charge in [0.15, 0.2) is 11.2 Å². The van der Waals surface area contributed by atoms with Gasteiger partial charge in [0.25, 0.3) is 5.56 Å². The van der Waals surface area contributed by atoms with Gasteiger partial charge in [-0.1, -0.05) is 18.2 Å². The largest absolute Gasteiger partial charge is 0.463 e. The number of anilines is 1. The average molecular weight is 438 g/mol. The van der Waals surface area contributed by atoms with Gasteiger partial charge in [0.2, 0.25) is 5.95 Å². The fraction of sp³-hybridized carbons (Fsp3) is 0.364. The smallest absolute Gasteiger partial charge is 0.332 e. The zero-order valence-electron chi connectivity index (χ0n) is 18.4. The van der Waals surface area contributed by atoms with Crippen molar-refractivity contribution in [3.8, 4) is 5.69 Å². The predicted molar refractivity (Wildman–Crippen MR) is 122 cm³/mol. The Morgan fingerprint density at radius 2 is 1.88 bits per heavy atom. The number of hydrogen-bond acceptors (Lipinski definition) is 7. The maximum Gasteiger partial charge on any atom is 0.332 e. The van der Waals surface area contributed by atoms with E-state index in [2.05, 4.69) is 10.2 Å². The minimum Gasteiger partial charge on any atom is -0.463 e. The first-order valence-electron chi connectivity index (χ1n) is 10.5. The maximum absolute atomic E-state index is 13.2. The summed E-state index contributed by atoms with van der Waals surface area (Å²) in [7, 11) is 3.06. The molecular formula is C22H26N6O4. The molecule has 0 spiro atoms. The van der Waals surface area contributed by atoms with Gasteiger partial charge in [-0.05, 0) is 24.6 Å². The minimum absolute atomic E-state index is 0.286. The van der Waals surface area contributed by atoms with Crippen molar-refractivity contribution in [2.24, 2.45) is 14.1 Å². The van der Waals surface area contributed by atoms with Crippen molar-refractivity contribution in [1.29, 1.82) is 0 Å². The highest BCUT2D eigenvalue weighted by atomic mass is 16.5. The van der Waals surface area contributed by atoms with Crippen LogP contribution in [0, 0.1) is 0 Å². The molecule has 168 valence electrons. The van der Waals surface area contributed by atoms with E-state index in [4.69, 9.17) is 9.72 Å². The first-order chi connectivity index (χ1) is 15.4. The van der Waals surface area contributed by atoms with Crippen molar-refractivity contribution in [2.45, 2.75) is 6.92 Å². The molecule has 0 bridgehead atoms. The molecule has 10 nitrogen and oxygen atoms in total. The van der Waals surface area contributed by atoms with Crippen LogP contribution in [0.5, 0.6) is 0 Å². The number of hydrogen-bond donors (Lipinski definition) is 1. The molecule has 32 heavy (non-hydrogen) atoms. The molecular weight excluding hydrogens is 412 g/mol. The van der Waals surface area contributed by atoms with Crippen LogP contribution in [0.15, 0.2) is 39.9 Å². The van der Waals surface area contributed by atoms with E-state index in [9.17, 15) is 14.4 Å².